The first-order valence-corrected chi connectivity index (χ1v) is 4.85. The highest BCUT2D eigenvalue weighted by Crippen LogP contribution is 2.33. The summed E-state index contributed by atoms with van der Waals surface area (Å²) in [6.45, 7) is 1.93. The molecular formula is C9H8O3S. The Kier molecular flexibility index (Phi) is 1.92. The first kappa shape index (κ1) is 8.44. The van der Waals surface area contributed by atoms with E-state index in [0.29, 0.717) is 0 Å². The number of thiophene rings is 1. The van der Waals surface area contributed by atoms with Crippen molar-refractivity contribution in [3.8, 4) is 0 Å². The zero-order chi connectivity index (χ0) is 9.42. The largest absolute Gasteiger partial charge is 0.393 e. The van der Waals surface area contributed by atoms with Crippen molar-refractivity contribution in [3.63, 3.8) is 0 Å². The third-order valence-electron chi connectivity index (χ3n) is 2.09. The van der Waals surface area contributed by atoms with Crippen LogP contribution in [-0.2, 0) is 14.3 Å². The molecule has 13 heavy (non-hydrogen) atoms. The van der Waals surface area contributed by atoms with Gasteiger partial charge >= 0.3 is 11.9 Å². The van der Waals surface area contributed by atoms with Crippen molar-refractivity contribution in [3.05, 3.63) is 21.9 Å². The summed E-state index contributed by atoms with van der Waals surface area (Å²) in [5, 5.41) is 1.92. The molecule has 1 aromatic heterocycles. The fourth-order valence-corrected chi connectivity index (χ4v) is 2.43. The first-order chi connectivity index (χ1) is 6.18. The molecule has 0 spiro atoms. The number of hydrogen-bond donors (Lipinski definition) is 0. The molecule has 68 valence electrons. The standard InChI is InChI=1S/C9H8O3S/c1-5-2-3-13-8(5)6-4-7(10)12-9(6)11/h2-3,6H,4H2,1H3. The molecule has 0 bridgehead atoms. The third-order valence-corrected chi connectivity index (χ3v) is 3.22. The molecule has 1 atom stereocenters. The third kappa shape index (κ3) is 1.37. The number of hydrogen-bond acceptors (Lipinski definition) is 4. The second-order valence-electron chi connectivity index (χ2n) is 3.02. The van der Waals surface area contributed by atoms with Crippen LogP contribution in [0.25, 0.3) is 0 Å². The minimum Gasteiger partial charge on any atom is -0.393 e. The molecule has 0 radical (unpaired) electrons. The van der Waals surface area contributed by atoms with Crippen molar-refractivity contribution in [1.29, 1.82) is 0 Å². The average molecular weight is 196 g/mol. The molecule has 0 saturated carbocycles. The Balaban J connectivity index is 2.32. The van der Waals surface area contributed by atoms with Crippen molar-refractivity contribution in [1.82, 2.24) is 0 Å². The van der Waals surface area contributed by atoms with E-state index in [1.807, 2.05) is 18.4 Å². The van der Waals surface area contributed by atoms with E-state index in [-0.39, 0.29) is 12.3 Å². The molecule has 0 amide bonds. The molecule has 0 aromatic carbocycles. The summed E-state index contributed by atoms with van der Waals surface area (Å²) in [5.74, 6) is -1.18. The van der Waals surface area contributed by atoms with Gasteiger partial charge in [-0.05, 0) is 23.9 Å². The van der Waals surface area contributed by atoms with Gasteiger partial charge in [-0.1, -0.05) is 0 Å². The molecule has 1 saturated heterocycles. The number of esters is 2. The average Bonchev–Trinajstić information content (AvgIpc) is 2.58. The van der Waals surface area contributed by atoms with Crippen LogP contribution in [0.5, 0.6) is 0 Å². The Labute approximate surface area is 79.3 Å². The molecule has 1 aromatic rings. The van der Waals surface area contributed by atoms with Gasteiger partial charge in [0.25, 0.3) is 0 Å². The molecule has 0 N–H and O–H groups in total. The number of carbonyl (C=O) groups is 2. The monoisotopic (exact) mass is 196 g/mol. The van der Waals surface area contributed by atoms with E-state index in [4.69, 9.17) is 0 Å². The maximum Gasteiger partial charge on any atom is 0.322 e. The van der Waals surface area contributed by atoms with Crippen LogP contribution in [0.15, 0.2) is 11.4 Å². The van der Waals surface area contributed by atoms with E-state index in [1.54, 1.807) is 0 Å². The number of rotatable bonds is 1. The summed E-state index contributed by atoms with van der Waals surface area (Å²) in [6, 6.07) is 1.94. The molecule has 1 fully saturated rings. The van der Waals surface area contributed by atoms with E-state index in [1.165, 1.54) is 11.3 Å². The molecule has 2 rings (SSSR count). The highest BCUT2D eigenvalue weighted by Gasteiger charge is 2.36. The molecule has 2 heterocycles. The van der Waals surface area contributed by atoms with E-state index in [9.17, 15) is 9.59 Å². The van der Waals surface area contributed by atoms with Crippen LogP contribution in [0.1, 0.15) is 22.8 Å². The van der Waals surface area contributed by atoms with Gasteiger partial charge in [-0.25, -0.2) is 0 Å². The number of aryl methyl sites for hydroxylation is 1. The Morgan fingerprint density at radius 1 is 1.54 bits per heavy atom. The van der Waals surface area contributed by atoms with Gasteiger partial charge in [0, 0.05) is 4.88 Å². The summed E-state index contributed by atoms with van der Waals surface area (Å²) in [5.41, 5.74) is 1.06. The fraction of sp³-hybridized carbons (Fsp3) is 0.333. The maximum atomic E-state index is 11.2. The smallest absolute Gasteiger partial charge is 0.322 e. The van der Waals surface area contributed by atoms with Gasteiger partial charge in [-0.2, -0.15) is 0 Å². The Morgan fingerprint density at radius 2 is 2.31 bits per heavy atom. The van der Waals surface area contributed by atoms with Crippen LogP contribution in [0.2, 0.25) is 0 Å². The lowest BCUT2D eigenvalue weighted by atomic mass is 10.0. The maximum absolute atomic E-state index is 11.2. The van der Waals surface area contributed by atoms with E-state index in [2.05, 4.69) is 4.74 Å². The predicted molar refractivity (Wildman–Crippen MR) is 47.5 cm³/mol. The summed E-state index contributed by atoms with van der Waals surface area (Å²) in [4.78, 5) is 23.0. The summed E-state index contributed by atoms with van der Waals surface area (Å²) < 4.78 is 4.48. The van der Waals surface area contributed by atoms with Crippen LogP contribution in [0, 0.1) is 6.92 Å². The second-order valence-corrected chi connectivity index (χ2v) is 3.97. The lowest BCUT2D eigenvalue weighted by Gasteiger charge is -2.01. The minimum absolute atomic E-state index is 0.195. The van der Waals surface area contributed by atoms with Crippen molar-refractivity contribution in [2.24, 2.45) is 0 Å². The fourth-order valence-electron chi connectivity index (χ4n) is 1.42. The Bertz CT molecular complexity index is 367. The Morgan fingerprint density at radius 3 is 2.77 bits per heavy atom. The molecule has 1 aliphatic rings. The highest BCUT2D eigenvalue weighted by molar-refractivity contribution is 7.10. The van der Waals surface area contributed by atoms with Gasteiger partial charge in [-0.15, -0.1) is 11.3 Å². The number of cyclic esters (lactones) is 2. The number of ether oxygens (including phenoxy) is 1. The summed E-state index contributed by atoms with van der Waals surface area (Å²) in [6.07, 6.45) is 0.195. The van der Waals surface area contributed by atoms with Gasteiger partial charge in [0.15, 0.2) is 0 Å². The van der Waals surface area contributed by atoms with Gasteiger partial charge in [0.1, 0.15) is 5.92 Å². The summed E-state index contributed by atoms with van der Waals surface area (Å²) >= 11 is 1.50. The van der Waals surface area contributed by atoms with Gasteiger partial charge in [0.05, 0.1) is 6.42 Å². The molecule has 3 nitrogen and oxygen atoms in total. The predicted octanol–water partition coefficient (Wildman–Crippen LogP) is 1.61. The highest BCUT2D eigenvalue weighted by atomic mass is 32.1. The topological polar surface area (TPSA) is 43.4 Å². The Hall–Kier alpha value is -1.16. The normalized spacial score (nSPS) is 22.1. The van der Waals surface area contributed by atoms with Gasteiger partial charge in [-0.3, -0.25) is 9.59 Å². The molecule has 4 heteroatoms. The van der Waals surface area contributed by atoms with E-state index < -0.39 is 11.9 Å². The van der Waals surface area contributed by atoms with Crippen molar-refractivity contribution in [2.75, 3.05) is 0 Å². The van der Waals surface area contributed by atoms with Crippen LogP contribution >= 0.6 is 11.3 Å². The van der Waals surface area contributed by atoms with Crippen molar-refractivity contribution in [2.45, 2.75) is 19.3 Å². The van der Waals surface area contributed by atoms with Crippen LogP contribution < -0.4 is 0 Å². The molecule has 1 aliphatic heterocycles. The lowest BCUT2D eigenvalue weighted by molar-refractivity contribution is -0.152. The SMILES string of the molecule is Cc1ccsc1C1CC(=O)OC1=O. The minimum atomic E-state index is -0.414. The van der Waals surface area contributed by atoms with E-state index in [0.717, 1.165) is 10.4 Å². The van der Waals surface area contributed by atoms with Crippen molar-refractivity contribution < 1.29 is 14.3 Å². The van der Waals surface area contributed by atoms with E-state index >= 15 is 0 Å². The first-order valence-electron chi connectivity index (χ1n) is 3.97. The number of carbonyl (C=O) groups excluding carboxylic acids is 2. The quantitative estimate of drug-likeness (QED) is 0.506. The van der Waals surface area contributed by atoms with Crippen molar-refractivity contribution >= 4 is 23.3 Å². The molecule has 0 aliphatic carbocycles. The zero-order valence-corrected chi connectivity index (χ0v) is 7.89. The zero-order valence-electron chi connectivity index (χ0n) is 7.07. The van der Waals surface area contributed by atoms with Crippen LogP contribution in [-0.4, -0.2) is 11.9 Å². The molecular weight excluding hydrogens is 188 g/mol. The van der Waals surface area contributed by atoms with Gasteiger partial charge < -0.3 is 4.74 Å². The van der Waals surface area contributed by atoms with Crippen LogP contribution in [0.4, 0.5) is 0 Å². The molecule has 1 unspecified atom stereocenters. The lowest BCUT2D eigenvalue weighted by Crippen LogP contribution is -2.04. The summed E-state index contributed by atoms with van der Waals surface area (Å²) in [7, 11) is 0. The van der Waals surface area contributed by atoms with Crippen LogP contribution in [0.3, 0.4) is 0 Å². The second kappa shape index (κ2) is 2.96. The van der Waals surface area contributed by atoms with Gasteiger partial charge in [0.2, 0.25) is 0 Å².